The van der Waals surface area contributed by atoms with Crippen LogP contribution in [0.2, 0.25) is 0 Å². The van der Waals surface area contributed by atoms with Crippen molar-refractivity contribution in [2.45, 2.75) is 25.9 Å². The number of hydrogen-bond acceptors (Lipinski definition) is 2. The molecular formula is C12H16O2. The Morgan fingerprint density at radius 1 is 1.21 bits per heavy atom. The Balaban J connectivity index is 2.42. The van der Waals surface area contributed by atoms with Crippen LogP contribution in [0, 0.1) is 0 Å². The van der Waals surface area contributed by atoms with Gasteiger partial charge in [-0.05, 0) is 24.0 Å². The van der Waals surface area contributed by atoms with Gasteiger partial charge in [0.2, 0.25) is 0 Å². The second-order valence-corrected chi connectivity index (χ2v) is 3.31. The van der Waals surface area contributed by atoms with Crippen LogP contribution in [0.15, 0.2) is 24.3 Å². The van der Waals surface area contributed by atoms with Crippen LogP contribution in [0.5, 0.6) is 0 Å². The molecule has 0 heterocycles. The monoisotopic (exact) mass is 192 g/mol. The molecule has 0 aromatic heterocycles. The molecule has 1 rings (SSSR count). The third-order valence-corrected chi connectivity index (χ3v) is 2.12. The molecule has 0 saturated heterocycles. The van der Waals surface area contributed by atoms with Gasteiger partial charge in [-0.2, -0.15) is 0 Å². The van der Waals surface area contributed by atoms with Crippen LogP contribution >= 0.6 is 0 Å². The first-order valence-corrected chi connectivity index (χ1v) is 4.87. The lowest BCUT2D eigenvalue weighted by Gasteiger charge is -2.02. The van der Waals surface area contributed by atoms with Crippen molar-refractivity contribution in [3.63, 3.8) is 0 Å². The molecule has 0 spiro atoms. The van der Waals surface area contributed by atoms with Gasteiger partial charge in [0.15, 0.2) is 0 Å². The minimum absolute atomic E-state index is 0.653. The summed E-state index contributed by atoms with van der Waals surface area (Å²) in [6, 6.07) is 8.33. The minimum Gasteiger partial charge on any atom is -0.380 e. The van der Waals surface area contributed by atoms with E-state index in [1.54, 1.807) is 7.11 Å². The summed E-state index contributed by atoms with van der Waals surface area (Å²) >= 11 is 0. The number of carbonyl (C=O) groups excluding carboxylic acids is 1. The van der Waals surface area contributed by atoms with Gasteiger partial charge in [0.25, 0.3) is 0 Å². The zero-order chi connectivity index (χ0) is 10.2. The maximum Gasteiger partial charge on any atom is 0.120 e. The number of carbonyl (C=O) groups is 1. The number of hydrogen-bond donors (Lipinski definition) is 0. The van der Waals surface area contributed by atoms with Crippen molar-refractivity contribution in [1.82, 2.24) is 0 Å². The van der Waals surface area contributed by atoms with Crippen LogP contribution in [-0.2, 0) is 22.6 Å². The third kappa shape index (κ3) is 3.71. The first kappa shape index (κ1) is 10.9. The Labute approximate surface area is 84.9 Å². The van der Waals surface area contributed by atoms with Crippen molar-refractivity contribution in [3.05, 3.63) is 35.4 Å². The first-order chi connectivity index (χ1) is 6.86. The Hall–Kier alpha value is -1.15. The number of rotatable bonds is 6. The molecule has 0 radical (unpaired) electrons. The Bertz CT molecular complexity index is 264. The topological polar surface area (TPSA) is 26.3 Å². The van der Waals surface area contributed by atoms with Crippen molar-refractivity contribution < 1.29 is 9.53 Å². The predicted octanol–water partition coefficient (Wildman–Crippen LogP) is 2.35. The number of methoxy groups -OCH3 is 1. The molecule has 0 fully saturated rings. The van der Waals surface area contributed by atoms with Gasteiger partial charge in [-0.25, -0.2) is 0 Å². The molecule has 0 unspecified atom stereocenters. The van der Waals surface area contributed by atoms with Gasteiger partial charge in [-0.3, -0.25) is 0 Å². The van der Waals surface area contributed by atoms with E-state index in [0.717, 1.165) is 19.1 Å². The van der Waals surface area contributed by atoms with Crippen LogP contribution in [0.1, 0.15) is 24.0 Å². The minimum atomic E-state index is 0.653. The summed E-state index contributed by atoms with van der Waals surface area (Å²) in [6.45, 7) is 0.661. The van der Waals surface area contributed by atoms with E-state index in [9.17, 15) is 4.79 Å². The van der Waals surface area contributed by atoms with E-state index in [2.05, 4.69) is 24.3 Å². The average Bonchev–Trinajstić information content (AvgIpc) is 2.21. The van der Waals surface area contributed by atoms with E-state index in [4.69, 9.17) is 4.74 Å². The van der Waals surface area contributed by atoms with Crippen LogP contribution < -0.4 is 0 Å². The van der Waals surface area contributed by atoms with Gasteiger partial charge in [0, 0.05) is 13.5 Å². The van der Waals surface area contributed by atoms with Crippen molar-refractivity contribution in [2.24, 2.45) is 0 Å². The molecule has 0 bridgehead atoms. The fourth-order valence-corrected chi connectivity index (χ4v) is 1.36. The summed E-state index contributed by atoms with van der Waals surface area (Å²) in [6.07, 6.45) is 3.54. The van der Waals surface area contributed by atoms with Gasteiger partial charge in [-0.15, -0.1) is 0 Å². The van der Waals surface area contributed by atoms with Crippen LogP contribution in [0.4, 0.5) is 0 Å². The highest BCUT2D eigenvalue weighted by Gasteiger charge is 1.94. The van der Waals surface area contributed by atoms with Crippen LogP contribution in [0.3, 0.4) is 0 Å². The summed E-state index contributed by atoms with van der Waals surface area (Å²) < 4.78 is 5.02. The van der Waals surface area contributed by atoms with E-state index in [1.807, 2.05) is 0 Å². The van der Waals surface area contributed by atoms with E-state index in [0.29, 0.717) is 13.0 Å². The molecule has 0 N–H and O–H groups in total. The highest BCUT2D eigenvalue weighted by molar-refractivity contribution is 5.49. The average molecular weight is 192 g/mol. The van der Waals surface area contributed by atoms with Gasteiger partial charge in [0.05, 0.1) is 6.61 Å². The smallest absolute Gasteiger partial charge is 0.120 e. The number of unbranched alkanes of at least 4 members (excludes halogenated alkanes) is 1. The molecule has 14 heavy (non-hydrogen) atoms. The summed E-state index contributed by atoms with van der Waals surface area (Å²) in [5.74, 6) is 0. The summed E-state index contributed by atoms with van der Waals surface area (Å²) in [5, 5.41) is 0. The second-order valence-electron chi connectivity index (χ2n) is 3.31. The molecule has 2 nitrogen and oxygen atoms in total. The predicted molar refractivity (Wildman–Crippen MR) is 56.2 cm³/mol. The number of aldehydes is 1. The summed E-state index contributed by atoms with van der Waals surface area (Å²) in [7, 11) is 1.69. The van der Waals surface area contributed by atoms with E-state index in [1.165, 1.54) is 11.1 Å². The normalized spacial score (nSPS) is 10.1. The number of aryl methyl sites for hydroxylation is 1. The largest absolute Gasteiger partial charge is 0.380 e. The fraction of sp³-hybridized carbons (Fsp3) is 0.417. The number of ether oxygens (including phenoxy) is 1. The SMILES string of the molecule is COCc1ccc(CCCC=O)cc1. The van der Waals surface area contributed by atoms with Crippen molar-refractivity contribution in [3.8, 4) is 0 Å². The van der Waals surface area contributed by atoms with Crippen LogP contribution in [-0.4, -0.2) is 13.4 Å². The van der Waals surface area contributed by atoms with Gasteiger partial charge >= 0.3 is 0 Å². The third-order valence-electron chi connectivity index (χ3n) is 2.12. The van der Waals surface area contributed by atoms with Crippen molar-refractivity contribution >= 4 is 6.29 Å². The number of benzene rings is 1. The van der Waals surface area contributed by atoms with E-state index < -0.39 is 0 Å². The van der Waals surface area contributed by atoms with E-state index in [-0.39, 0.29) is 0 Å². The maximum atomic E-state index is 10.1. The fourth-order valence-electron chi connectivity index (χ4n) is 1.36. The molecule has 0 saturated carbocycles. The lowest BCUT2D eigenvalue weighted by Crippen LogP contribution is -1.90. The zero-order valence-corrected chi connectivity index (χ0v) is 8.53. The Morgan fingerprint density at radius 3 is 2.43 bits per heavy atom. The second kappa shape index (κ2) is 6.33. The van der Waals surface area contributed by atoms with Crippen LogP contribution in [0.25, 0.3) is 0 Å². The molecule has 0 aliphatic heterocycles. The van der Waals surface area contributed by atoms with Gasteiger partial charge < -0.3 is 9.53 Å². The molecule has 2 heteroatoms. The standard InChI is InChI=1S/C12H16O2/c1-14-10-12-7-5-11(6-8-12)4-2-3-9-13/h5-9H,2-4,10H2,1H3. The molecule has 0 aliphatic carbocycles. The molecule has 0 aliphatic rings. The van der Waals surface area contributed by atoms with Crippen molar-refractivity contribution in [1.29, 1.82) is 0 Å². The van der Waals surface area contributed by atoms with Crippen molar-refractivity contribution in [2.75, 3.05) is 7.11 Å². The molecule has 0 atom stereocenters. The Kier molecular flexibility index (Phi) is 4.94. The lowest BCUT2D eigenvalue weighted by atomic mass is 10.1. The van der Waals surface area contributed by atoms with E-state index >= 15 is 0 Å². The zero-order valence-electron chi connectivity index (χ0n) is 8.53. The molecular weight excluding hydrogens is 176 g/mol. The highest BCUT2D eigenvalue weighted by atomic mass is 16.5. The quantitative estimate of drug-likeness (QED) is 0.511. The molecule has 1 aromatic rings. The summed E-state index contributed by atoms with van der Waals surface area (Å²) in [5.41, 5.74) is 2.47. The van der Waals surface area contributed by atoms with Gasteiger partial charge in [0.1, 0.15) is 6.29 Å². The molecule has 1 aromatic carbocycles. The maximum absolute atomic E-state index is 10.1. The first-order valence-electron chi connectivity index (χ1n) is 4.87. The summed E-state index contributed by atoms with van der Waals surface area (Å²) in [4.78, 5) is 10.1. The Morgan fingerprint density at radius 2 is 1.86 bits per heavy atom. The lowest BCUT2D eigenvalue weighted by molar-refractivity contribution is -0.107. The molecule has 0 amide bonds. The molecule has 76 valence electrons. The van der Waals surface area contributed by atoms with Gasteiger partial charge in [-0.1, -0.05) is 24.3 Å². The highest BCUT2D eigenvalue weighted by Crippen LogP contribution is 2.08.